The van der Waals surface area contributed by atoms with E-state index in [0.29, 0.717) is 29.7 Å². The van der Waals surface area contributed by atoms with Crippen LogP contribution in [0.25, 0.3) is 0 Å². The minimum atomic E-state index is 0.188. The van der Waals surface area contributed by atoms with Crippen molar-refractivity contribution in [2.45, 2.75) is 58.4 Å². The number of hydrogen-bond donors (Lipinski definition) is 0. The number of hydrogen-bond acceptors (Lipinski definition) is 2. The Kier molecular flexibility index (Phi) is 4.23. The minimum Gasteiger partial charge on any atom is -0.342 e. The van der Waals surface area contributed by atoms with Crippen LogP contribution < -0.4 is 0 Å². The zero-order valence-corrected chi connectivity index (χ0v) is 13.4. The summed E-state index contributed by atoms with van der Waals surface area (Å²) in [6.45, 7) is 6.84. The van der Waals surface area contributed by atoms with Gasteiger partial charge in [0, 0.05) is 38.0 Å². The highest BCUT2D eigenvalue weighted by Crippen LogP contribution is 2.38. The molecule has 4 heteroatoms. The number of amides is 2. The summed E-state index contributed by atoms with van der Waals surface area (Å²) >= 11 is 0. The van der Waals surface area contributed by atoms with Crippen molar-refractivity contribution in [3.05, 3.63) is 0 Å². The fourth-order valence-corrected chi connectivity index (χ4v) is 4.69. The van der Waals surface area contributed by atoms with Crippen molar-refractivity contribution in [3.8, 4) is 0 Å². The Labute approximate surface area is 127 Å². The molecule has 3 saturated heterocycles. The van der Waals surface area contributed by atoms with Crippen LogP contribution in [0, 0.1) is 17.8 Å². The molecule has 118 valence electrons. The molecule has 3 fully saturated rings. The Morgan fingerprint density at radius 1 is 1.24 bits per heavy atom. The molecule has 0 aliphatic carbocycles. The number of carbonyl (C=O) groups is 2. The monoisotopic (exact) mass is 292 g/mol. The molecule has 3 rings (SSSR count). The Bertz CT molecular complexity index is 419. The predicted octanol–water partition coefficient (Wildman–Crippen LogP) is 2.28. The van der Waals surface area contributed by atoms with Gasteiger partial charge in [0.05, 0.1) is 0 Å². The summed E-state index contributed by atoms with van der Waals surface area (Å²) in [5, 5.41) is 0. The van der Waals surface area contributed by atoms with Crippen LogP contribution in [0.2, 0.25) is 0 Å². The topological polar surface area (TPSA) is 40.6 Å². The fraction of sp³-hybridized carbons (Fsp3) is 0.882. The molecule has 21 heavy (non-hydrogen) atoms. The molecule has 3 aliphatic rings. The smallest absolute Gasteiger partial charge is 0.225 e. The van der Waals surface area contributed by atoms with Gasteiger partial charge in [-0.2, -0.15) is 0 Å². The maximum absolute atomic E-state index is 12.7. The van der Waals surface area contributed by atoms with Gasteiger partial charge in [0.1, 0.15) is 0 Å². The first-order valence-electron chi connectivity index (χ1n) is 8.72. The molecule has 0 radical (unpaired) electrons. The molecule has 0 spiro atoms. The molecule has 0 aromatic carbocycles. The van der Waals surface area contributed by atoms with Crippen molar-refractivity contribution in [1.82, 2.24) is 9.80 Å². The van der Waals surface area contributed by atoms with Gasteiger partial charge in [0.25, 0.3) is 0 Å². The zero-order chi connectivity index (χ0) is 15.0. The molecule has 2 bridgehead atoms. The van der Waals surface area contributed by atoms with E-state index in [2.05, 4.69) is 23.6 Å². The van der Waals surface area contributed by atoms with E-state index in [1.54, 1.807) is 0 Å². The molecule has 0 aromatic rings. The second-order valence-electron chi connectivity index (χ2n) is 7.12. The van der Waals surface area contributed by atoms with Crippen molar-refractivity contribution < 1.29 is 9.59 Å². The molecule has 3 aliphatic heterocycles. The van der Waals surface area contributed by atoms with E-state index >= 15 is 0 Å². The fourth-order valence-electron chi connectivity index (χ4n) is 4.69. The summed E-state index contributed by atoms with van der Waals surface area (Å²) in [7, 11) is 0. The largest absolute Gasteiger partial charge is 0.342 e. The molecule has 0 N–H and O–H groups in total. The Hall–Kier alpha value is -1.06. The number of fused-ring (bicyclic) bond motifs is 4. The van der Waals surface area contributed by atoms with E-state index < -0.39 is 0 Å². The average molecular weight is 292 g/mol. The quantitative estimate of drug-likeness (QED) is 0.800. The van der Waals surface area contributed by atoms with Crippen molar-refractivity contribution in [1.29, 1.82) is 0 Å². The van der Waals surface area contributed by atoms with Crippen LogP contribution in [-0.4, -0.2) is 47.3 Å². The van der Waals surface area contributed by atoms with Crippen LogP contribution in [-0.2, 0) is 9.59 Å². The predicted molar refractivity (Wildman–Crippen MR) is 81.6 cm³/mol. The van der Waals surface area contributed by atoms with Gasteiger partial charge in [-0.3, -0.25) is 9.59 Å². The third kappa shape index (κ3) is 2.69. The maximum Gasteiger partial charge on any atom is 0.225 e. The number of nitrogens with zero attached hydrogens (tertiary/aromatic N) is 2. The molecule has 0 unspecified atom stereocenters. The Morgan fingerprint density at radius 3 is 2.71 bits per heavy atom. The standard InChI is InChI=1S/C17H28N2O2/c1-3-13(4-2)17(21)18-9-12-8-14(11-18)15-6-5-7-16(20)19(15)10-12/h12-15H,3-11H2,1-2H3/t12-,14-,15-/m1/s1. The van der Waals surface area contributed by atoms with E-state index in [1.165, 1.54) is 6.42 Å². The lowest BCUT2D eigenvalue weighted by atomic mass is 9.75. The van der Waals surface area contributed by atoms with Crippen LogP contribution in [0.5, 0.6) is 0 Å². The molecule has 3 atom stereocenters. The molecule has 0 aromatic heterocycles. The van der Waals surface area contributed by atoms with Crippen LogP contribution in [0.15, 0.2) is 0 Å². The highest BCUT2D eigenvalue weighted by Gasteiger charge is 2.45. The van der Waals surface area contributed by atoms with Gasteiger partial charge in [-0.05, 0) is 43.9 Å². The third-order valence-electron chi connectivity index (χ3n) is 5.83. The van der Waals surface area contributed by atoms with Crippen molar-refractivity contribution in [3.63, 3.8) is 0 Å². The summed E-state index contributed by atoms with van der Waals surface area (Å²) < 4.78 is 0. The van der Waals surface area contributed by atoms with Crippen LogP contribution in [0.1, 0.15) is 52.4 Å². The molecule has 3 heterocycles. The second kappa shape index (κ2) is 5.98. The van der Waals surface area contributed by atoms with Crippen molar-refractivity contribution in [2.75, 3.05) is 19.6 Å². The highest BCUT2D eigenvalue weighted by molar-refractivity contribution is 5.79. The van der Waals surface area contributed by atoms with Gasteiger partial charge in [0.15, 0.2) is 0 Å². The van der Waals surface area contributed by atoms with Gasteiger partial charge in [-0.25, -0.2) is 0 Å². The number of rotatable bonds is 3. The zero-order valence-electron chi connectivity index (χ0n) is 13.4. The summed E-state index contributed by atoms with van der Waals surface area (Å²) in [4.78, 5) is 29.0. The molecular formula is C17H28N2O2. The van der Waals surface area contributed by atoms with E-state index in [9.17, 15) is 9.59 Å². The molecule has 4 nitrogen and oxygen atoms in total. The molecule has 0 saturated carbocycles. The first-order valence-corrected chi connectivity index (χ1v) is 8.72. The third-order valence-corrected chi connectivity index (χ3v) is 5.83. The first kappa shape index (κ1) is 14.9. The van der Waals surface area contributed by atoms with Gasteiger partial charge in [0.2, 0.25) is 11.8 Å². The average Bonchev–Trinajstić information content (AvgIpc) is 2.49. The summed E-state index contributed by atoms with van der Waals surface area (Å²) in [6.07, 6.45) is 5.98. The highest BCUT2D eigenvalue weighted by atomic mass is 16.2. The van der Waals surface area contributed by atoms with Crippen molar-refractivity contribution >= 4 is 11.8 Å². The molecule has 2 amide bonds. The first-order chi connectivity index (χ1) is 10.1. The lowest BCUT2D eigenvalue weighted by Gasteiger charge is -2.52. The van der Waals surface area contributed by atoms with E-state index in [1.807, 2.05) is 0 Å². The number of piperidine rings is 3. The van der Waals surface area contributed by atoms with Crippen LogP contribution >= 0.6 is 0 Å². The number of carbonyl (C=O) groups excluding carboxylic acids is 2. The van der Waals surface area contributed by atoms with E-state index in [0.717, 1.165) is 51.7 Å². The maximum atomic E-state index is 12.7. The lowest BCUT2D eigenvalue weighted by Crippen LogP contribution is -2.61. The van der Waals surface area contributed by atoms with E-state index in [-0.39, 0.29) is 5.92 Å². The van der Waals surface area contributed by atoms with E-state index in [4.69, 9.17) is 0 Å². The lowest BCUT2D eigenvalue weighted by molar-refractivity contribution is -0.150. The summed E-state index contributed by atoms with van der Waals surface area (Å²) in [5.74, 6) is 1.90. The molecular weight excluding hydrogens is 264 g/mol. The Balaban J connectivity index is 1.72. The van der Waals surface area contributed by atoms with Crippen LogP contribution in [0.3, 0.4) is 0 Å². The van der Waals surface area contributed by atoms with Crippen molar-refractivity contribution in [2.24, 2.45) is 17.8 Å². The van der Waals surface area contributed by atoms with Gasteiger partial charge < -0.3 is 9.80 Å². The Morgan fingerprint density at radius 2 is 2.00 bits per heavy atom. The number of likely N-dealkylation sites (tertiary alicyclic amines) is 1. The second-order valence-corrected chi connectivity index (χ2v) is 7.12. The normalized spacial score (nSPS) is 32.3. The van der Waals surface area contributed by atoms with Gasteiger partial charge in [-0.15, -0.1) is 0 Å². The minimum absolute atomic E-state index is 0.188. The van der Waals surface area contributed by atoms with Gasteiger partial charge >= 0.3 is 0 Å². The SMILES string of the molecule is CCC(CC)C(=O)N1C[C@H]2C[C@H](C1)[C@H]1CCCC(=O)N1C2. The van der Waals surface area contributed by atoms with Crippen LogP contribution in [0.4, 0.5) is 0 Å². The summed E-state index contributed by atoms with van der Waals surface area (Å²) in [5.41, 5.74) is 0. The summed E-state index contributed by atoms with van der Waals surface area (Å²) in [6, 6.07) is 0.403. The van der Waals surface area contributed by atoms with Gasteiger partial charge in [-0.1, -0.05) is 13.8 Å².